The van der Waals surface area contributed by atoms with Crippen molar-refractivity contribution in [2.75, 3.05) is 5.43 Å². The minimum absolute atomic E-state index is 0.136. The minimum atomic E-state index is -4.87. The molecule has 5 nitrogen and oxygen atoms in total. The van der Waals surface area contributed by atoms with Crippen LogP contribution in [0, 0.1) is 22.7 Å². The van der Waals surface area contributed by atoms with Gasteiger partial charge in [0.15, 0.2) is 5.75 Å². The quantitative estimate of drug-likeness (QED) is 0.680. The van der Waals surface area contributed by atoms with E-state index in [0.29, 0.717) is 4.47 Å². The Hall–Kier alpha value is -2.26. The summed E-state index contributed by atoms with van der Waals surface area (Å²) in [6, 6.07) is 6.68. The van der Waals surface area contributed by atoms with Crippen molar-refractivity contribution in [2.24, 2.45) is 5.10 Å². The van der Waals surface area contributed by atoms with Gasteiger partial charge in [-0.05, 0) is 18.2 Å². The van der Waals surface area contributed by atoms with E-state index in [0.717, 1.165) is 6.07 Å². The van der Waals surface area contributed by atoms with Crippen LogP contribution in [-0.4, -0.2) is 12.1 Å². The molecule has 0 aliphatic rings. The summed E-state index contributed by atoms with van der Waals surface area (Å²) in [7, 11) is 0. The van der Waals surface area contributed by atoms with Gasteiger partial charge >= 0.3 is 6.36 Å². The van der Waals surface area contributed by atoms with Gasteiger partial charge < -0.3 is 4.74 Å². The van der Waals surface area contributed by atoms with Gasteiger partial charge in [0.1, 0.15) is 12.1 Å². The number of benzene rings is 1. The number of ether oxygens (including phenoxy) is 1. The molecule has 0 aliphatic carbocycles. The third-order valence-electron chi connectivity index (χ3n) is 1.67. The van der Waals surface area contributed by atoms with Crippen LogP contribution in [0.25, 0.3) is 0 Å². The van der Waals surface area contributed by atoms with Crippen molar-refractivity contribution < 1.29 is 17.9 Å². The third kappa shape index (κ3) is 4.85. The van der Waals surface area contributed by atoms with E-state index in [1.807, 2.05) is 0 Å². The predicted molar refractivity (Wildman–Crippen MR) is 63.1 cm³/mol. The fraction of sp³-hybridized carbons (Fsp3) is 0.100. The van der Waals surface area contributed by atoms with Crippen LogP contribution in [0.1, 0.15) is 0 Å². The molecule has 9 heteroatoms. The van der Waals surface area contributed by atoms with E-state index >= 15 is 0 Å². The lowest BCUT2D eigenvalue weighted by atomic mass is 10.3. The average molecular weight is 333 g/mol. The van der Waals surface area contributed by atoms with E-state index in [2.05, 4.69) is 31.2 Å². The van der Waals surface area contributed by atoms with Crippen LogP contribution in [-0.2, 0) is 0 Å². The zero-order valence-corrected chi connectivity index (χ0v) is 10.6. The minimum Gasteiger partial charge on any atom is -0.403 e. The Morgan fingerprint density at radius 3 is 2.47 bits per heavy atom. The first-order valence-electron chi connectivity index (χ1n) is 4.55. The summed E-state index contributed by atoms with van der Waals surface area (Å²) in [4.78, 5) is 0. The molecule has 1 rings (SSSR count). The van der Waals surface area contributed by atoms with E-state index in [1.54, 1.807) is 0 Å². The van der Waals surface area contributed by atoms with E-state index in [-0.39, 0.29) is 5.69 Å². The number of anilines is 1. The first-order chi connectivity index (χ1) is 8.85. The second-order valence-corrected chi connectivity index (χ2v) is 3.90. The maximum atomic E-state index is 12.2. The maximum Gasteiger partial charge on any atom is 0.573 e. The molecule has 0 radical (unpaired) electrons. The fourth-order valence-corrected chi connectivity index (χ4v) is 1.33. The predicted octanol–water partition coefficient (Wildman–Crippen LogP) is 3.16. The summed E-state index contributed by atoms with van der Waals surface area (Å²) in [6.45, 7) is 0. The third-order valence-corrected chi connectivity index (χ3v) is 2.16. The van der Waals surface area contributed by atoms with Crippen molar-refractivity contribution in [1.29, 1.82) is 10.5 Å². The molecule has 0 aromatic heterocycles. The van der Waals surface area contributed by atoms with Crippen LogP contribution in [0.2, 0.25) is 0 Å². The molecule has 0 saturated carbocycles. The number of nitriles is 2. The number of rotatable bonds is 3. The lowest BCUT2D eigenvalue weighted by Gasteiger charge is -2.12. The van der Waals surface area contributed by atoms with E-state index in [1.165, 1.54) is 24.3 Å². The lowest BCUT2D eigenvalue weighted by Crippen LogP contribution is -2.18. The van der Waals surface area contributed by atoms with Gasteiger partial charge in [-0.1, -0.05) is 15.9 Å². The van der Waals surface area contributed by atoms with Gasteiger partial charge in [0.25, 0.3) is 0 Å². The second kappa shape index (κ2) is 6.07. The highest BCUT2D eigenvalue weighted by Crippen LogP contribution is 2.32. The van der Waals surface area contributed by atoms with Crippen LogP contribution in [0.15, 0.2) is 27.8 Å². The molecule has 0 amide bonds. The van der Waals surface area contributed by atoms with Gasteiger partial charge in [-0.15, -0.1) is 13.2 Å². The molecule has 0 bridgehead atoms. The zero-order valence-electron chi connectivity index (χ0n) is 8.99. The smallest absolute Gasteiger partial charge is 0.403 e. The molecule has 0 fully saturated rings. The topological polar surface area (TPSA) is 81.2 Å². The van der Waals surface area contributed by atoms with Gasteiger partial charge in [-0.2, -0.15) is 15.6 Å². The van der Waals surface area contributed by atoms with Gasteiger partial charge in [0.05, 0.1) is 5.69 Å². The highest BCUT2D eigenvalue weighted by molar-refractivity contribution is 9.10. The Morgan fingerprint density at radius 2 is 1.95 bits per heavy atom. The standard InChI is InChI=1S/C10H4BrF3N4O/c11-6-1-2-8(18-17-7(4-15)5-16)9(3-6)19-10(12,13)14/h1-3,18H. The Labute approximate surface area is 114 Å². The lowest BCUT2D eigenvalue weighted by molar-refractivity contribution is -0.274. The van der Waals surface area contributed by atoms with Gasteiger partial charge in [0, 0.05) is 4.47 Å². The molecular weight excluding hydrogens is 329 g/mol. The summed E-state index contributed by atoms with van der Waals surface area (Å²) in [6.07, 6.45) is -4.87. The van der Waals surface area contributed by atoms with Crippen molar-refractivity contribution in [3.05, 3.63) is 22.7 Å². The Morgan fingerprint density at radius 1 is 1.32 bits per heavy atom. The number of nitrogens with zero attached hydrogens (tertiary/aromatic N) is 3. The summed E-state index contributed by atoms with van der Waals surface area (Å²) in [5.41, 5.74) is 1.50. The number of hydrogen-bond donors (Lipinski definition) is 1. The first kappa shape index (κ1) is 14.8. The average Bonchev–Trinajstić information content (AvgIpc) is 2.30. The zero-order chi connectivity index (χ0) is 14.5. The molecule has 1 N–H and O–H groups in total. The molecule has 0 saturated heterocycles. The van der Waals surface area contributed by atoms with Crippen LogP contribution < -0.4 is 10.2 Å². The summed E-state index contributed by atoms with van der Waals surface area (Å²) >= 11 is 3.00. The molecule has 0 unspecified atom stereocenters. The van der Waals surface area contributed by atoms with Crippen LogP contribution in [0.3, 0.4) is 0 Å². The maximum absolute atomic E-state index is 12.2. The number of hydrogen-bond acceptors (Lipinski definition) is 5. The van der Waals surface area contributed by atoms with E-state index in [9.17, 15) is 13.2 Å². The normalized spacial score (nSPS) is 10.0. The molecule has 0 heterocycles. The molecule has 98 valence electrons. The Balaban J connectivity index is 3.05. The monoisotopic (exact) mass is 332 g/mol. The SMILES string of the molecule is N#CC(C#N)=NNc1ccc(Br)cc1OC(F)(F)F. The van der Waals surface area contributed by atoms with Crippen molar-refractivity contribution in [3.8, 4) is 17.9 Å². The highest BCUT2D eigenvalue weighted by atomic mass is 79.9. The molecule has 1 aromatic carbocycles. The fourth-order valence-electron chi connectivity index (χ4n) is 0.989. The van der Waals surface area contributed by atoms with Crippen molar-refractivity contribution in [1.82, 2.24) is 0 Å². The summed E-state index contributed by atoms with van der Waals surface area (Å²) < 4.78 is 40.7. The van der Waals surface area contributed by atoms with Gasteiger partial charge in [-0.3, -0.25) is 5.43 Å². The Bertz CT molecular complexity index is 570. The van der Waals surface area contributed by atoms with Crippen LogP contribution >= 0.6 is 15.9 Å². The van der Waals surface area contributed by atoms with E-state index < -0.39 is 17.8 Å². The molecule has 0 aliphatic heterocycles. The highest BCUT2D eigenvalue weighted by Gasteiger charge is 2.32. The largest absolute Gasteiger partial charge is 0.573 e. The van der Waals surface area contributed by atoms with Crippen molar-refractivity contribution in [2.45, 2.75) is 6.36 Å². The number of halogens is 4. The molecule has 0 atom stereocenters. The molecule has 1 aromatic rings. The van der Waals surface area contributed by atoms with Gasteiger partial charge in [-0.25, -0.2) is 0 Å². The van der Waals surface area contributed by atoms with Crippen LogP contribution in [0.5, 0.6) is 5.75 Å². The van der Waals surface area contributed by atoms with Gasteiger partial charge in [0.2, 0.25) is 5.71 Å². The number of nitrogens with one attached hydrogen (secondary N) is 1. The van der Waals surface area contributed by atoms with Crippen molar-refractivity contribution >= 4 is 27.3 Å². The molecule has 0 spiro atoms. The summed E-state index contributed by atoms with van der Waals surface area (Å²) in [5, 5.41) is 20.2. The number of hydrazone groups is 1. The second-order valence-electron chi connectivity index (χ2n) is 2.98. The molecular formula is C10H4BrF3N4O. The van der Waals surface area contributed by atoms with Crippen molar-refractivity contribution in [3.63, 3.8) is 0 Å². The van der Waals surface area contributed by atoms with E-state index in [4.69, 9.17) is 10.5 Å². The Kier molecular flexibility index (Phi) is 4.73. The number of alkyl halides is 3. The van der Waals surface area contributed by atoms with Crippen LogP contribution in [0.4, 0.5) is 18.9 Å². The first-order valence-corrected chi connectivity index (χ1v) is 5.34. The molecule has 19 heavy (non-hydrogen) atoms. The summed E-state index contributed by atoms with van der Waals surface area (Å²) in [5.74, 6) is -0.541.